The average Bonchev–Trinajstić information content (AvgIpc) is 2.49. The SMILES string of the molecule is CCCNC(CSc1ccccc1)c1ccc(C)cc1C. The van der Waals surface area contributed by atoms with E-state index in [1.165, 1.54) is 21.6 Å². The Balaban J connectivity index is 2.10. The van der Waals surface area contributed by atoms with E-state index < -0.39 is 0 Å². The minimum Gasteiger partial charge on any atom is -0.309 e. The summed E-state index contributed by atoms with van der Waals surface area (Å²) in [6.07, 6.45) is 1.16. The van der Waals surface area contributed by atoms with E-state index in [0.717, 1.165) is 18.7 Å². The van der Waals surface area contributed by atoms with Crippen LogP contribution in [-0.2, 0) is 0 Å². The van der Waals surface area contributed by atoms with Crippen LogP contribution in [0.1, 0.15) is 36.1 Å². The summed E-state index contributed by atoms with van der Waals surface area (Å²) in [7, 11) is 0. The fraction of sp³-hybridized carbons (Fsp3) is 0.368. The van der Waals surface area contributed by atoms with Gasteiger partial charge in [-0.3, -0.25) is 0 Å². The topological polar surface area (TPSA) is 12.0 Å². The van der Waals surface area contributed by atoms with E-state index in [1.54, 1.807) is 0 Å². The summed E-state index contributed by atoms with van der Waals surface area (Å²) in [5.41, 5.74) is 4.15. The molecule has 0 saturated heterocycles. The fourth-order valence-corrected chi connectivity index (χ4v) is 3.50. The molecule has 0 saturated carbocycles. The van der Waals surface area contributed by atoms with E-state index in [-0.39, 0.29) is 0 Å². The Morgan fingerprint density at radius 1 is 1.05 bits per heavy atom. The third-order valence-electron chi connectivity index (χ3n) is 3.60. The molecule has 0 aliphatic carbocycles. The van der Waals surface area contributed by atoms with Crippen molar-refractivity contribution in [2.24, 2.45) is 0 Å². The van der Waals surface area contributed by atoms with Gasteiger partial charge in [0.2, 0.25) is 0 Å². The summed E-state index contributed by atoms with van der Waals surface area (Å²) < 4.78 is 0. The molecule has 112 valence electrons. The van der Waals surface area contributed by atoms with E-state index in [2.05, 4.69) is 74.6 Å². The van der Waals surface area contributed by atoms with Gasteiger partial charge in [0, 0.05) is 16.7 Å². The summed E-state index contributed by atoms with van der Waals surface area (Å²) in [6, 6.07) is 17.8. The molecular formula is C19H25NS. The van der Waals surface area contributed by atoms with Gasteiger partial charge in [0.05, 0.1) is 0 Å². The lowest BCUT2D eigenvalue weighted by molar-refractivity contribution is 0.575. The second-order valence-electron chi connectivity index (χ2n) is 5.49. The van der Waals surface area contributed by atoms with Crippen LogP contribution in [0, 0.1) is 13.8 Å². The number of benzene rings is 2. The minimum absolute atomic E-state index is 0.413. The highest BCUT2D eigenvalue weighted by atomic mass is 32.2. The zero-order chi connectivity index (χ0) is 15.1. The summed E-state index contributed by atoms with van der Waals surface area (Å²) in [4.78, 5) is 1.34. The Labute approximate surface area is 133 Å². The van der Waals surface area contributed by atoms with E-state index in [1.807, 2.05) is 11.8 Å². The predicted molar refractivity (Wildman–Crippen MR) is 94.1 cm³/mol. The summed E-state index contributed by atoms with van der Waals surface area (Å²) in [5.74, 6) is 1.06. The molecule has 1 unspecified atom stereocenters. The largest absolute Gasteiger partial charge is 0.309 e. The van der Waals surface area contributed by atoms with Gasteiger partial charge < -0.3 is 5.32 Å². The van der Waals surface area contributed by atoms with Gasteiger partial charge in [-0.1, -0.05) is 48.9 Å². The van der Waals surface area contributed by atoms with Gasteiger partial charge in [-0.25, -0.2) is 0 Å². The molecule has 2 rings (SSSR count). The third kappa shape index (κ3) is 4.90. The molecule has 1 atom stereocenters. The molecule has 1 nitrogen and oxygen atoms in total. The Morgan fingerprint density at radius 2 is 1.81 bits per heavy atom. The number of hydrogen-bond donors (Lipinski definition) is 1. The summed E-state index contributed by atoms with van der Waals surface area (Å²) >= 11 is 1.92. The maximum Gasteiger partial charge on any atom is 0.0418 e. The van der Waals surface area contributed by atoms with E-state index in [4.69, 9.17) is 0 Å². The Morgan fingerprint density at radius 3 is 2.48 bits per heavy atom. The summed E-state index contributed by atoms with van der Waals surface area (Å²) in [6.45, 7) is 7.66. The maximum absolute atomic E-state index is 3.70. The lowest BCUT2D eigenvalue weighted by Crippen LogP contribution is -2.24. The molecule has 21 heavy (non-hydrogen) atoms. The fourth-order valence-electron chi connectivity index (χ4n) is 2.49. The molecular weight excluding hydrogens is 274 g/mol. The predicted octanol–water partition coefficient (Wildman–Crippen LogP) is 5.14. The minimum atomic E-state index is 0.413. The molecule has 1 N–H and O–H groups in total. The van der Waals surface area contributed by atoms with E-state index in [0.29, 0.717) is 6.04 Å². The van der Waals surface area contributed by atoms with Crippen molar-refractivity contribution >= 4 is 11.8 Å². The van der Waals surface area contributed by atoms with Crippen molar-refractivity contribution in [1.82, 2.24) is 5.32 Å². The lowest BCUT2D eigenvalue weighted by atomic mass is 10.00. The zero-order valence-electron chi connectivity index (χ0n) is 13.2. The van der Waals surface area contributed by atoms with Crippen LogP contribution in [0.4, 0.5) is 0 Å². The first kappa shape index (κ1) is 16.1. The molecule has 0 aliphatic rings. The second-order valence-corrected chi connectivity index (χ2v) is 6.58. The number of thioether (sulfide) groups is 1. The molecule has 0 bridgehead atoms. The Bertz CT molecular complexity index is 551. The Hall–Kier alpha value is -1.25. The normalized spacial score (nSPS) is 12.3. The van der Waals surface area contributed by atoms with Crippen LogP contribution >= 0.6 is 11.8 Å². The molecule has 0 radical (unpaired) electrons. The first-order valence-corrected chi connectivity index (χ1v) is 8.67. The number of nitrogens with one attached hydrogen (secondary N) is 1. The molecule has 0 heterocycles. The van der Waals surface area contributed by atoms with Crippen LogP contribution in [0.5, 0.6) is 0 Å². The highest BCUT2D eigenvalue weighted by Crippen LogP contribution is 2.27. The van der Waals surface area contributed by atoms with Gasteiger partial charge in [-0.05, 0) is 50.1 Å². The van der Waals surface area contributed by atoms with Crippen LogP contribution in [-0.4, -0.2) is 12.3 Å². The van der Waals surface area contributed by atoms with E-state index in [9.17, 15) is 0 Å². The smallest absolute Gasteiger partial charge is 0.0418 e. The maximum atomic E-state index is 3.70. The van der Waals surface area contributed by atoms with Gasteiger partial charge in [0.15, 0.2) is 0 Å². The number of rotatable bonds is 7. The van der Waals surface area contributed by atoms with Crippen molar-refractivity contribution in [2.45, 2.75) is 38.1 Å². The quantitative estimate of drug-likeness (QED) is 0.711. The van der Waals surface area contributed by atoms with Crippen LogP contribution < -0.4 is 5.32 Å². The highest BCUT2D eigenvalue weighted by Gasteiger charge is 2.13. The standard InChI is InChI=1S/C19H25NS/c1-4-12-20-19(14-21-17-8-6-5-7-9-17)18-11-10-15(2)13-16(18)3/h5-11,13,19-20H,4,12,14H2,1-3H3. The van der Waals surface area contributed by atoms with Crippen molar-refractivity contribution in [3.8, 4) is 0 Å². The van der Waals surface area contributed by atoms with Crippen LogP contribution in [0.15, 0.2) is 53.4 Å². The van der Waals surface area contributed by atoms with Gasteiger partial charge in [0.25, 0.3) is 0 Å². The number of aryl methyl sites for hydroxylation is 2. The molecule has 0 fully saturated rings. The molecule has 0 aromatic heterocycles. The van der Waals surface area contributed by atoms with Crippen molar-refractivity contribution in [2.75, 3.05) is 12.3 Å². The van der Waals surface area contributed by atoms with Crippen molar-refractivity contribution < 1.29 is 0 Å². The van der Waals surface area contributed by atoms with Crippen molar-refractivity contribution in [3.05, 3.63) is 65.2 Å². The van der Waals surface area contributed by atoms with Gasteiger partial charge in [0.1, 0.15) is 0 Å². The Kier molecular flexibility index (Phi) is 6.34. The van der Waals surface area contributed by atoms with Crippen LogP contribution in [0.3, 0.4) is 0 Å². The molecule has 0 amide bonds. The zero-order valence-corrected chi connectivity index (χ0v) is 14.0. The van der Waals surface area contributed by atoms with Crippen LogP contribution in [0.2, 0.25) is 0 Å². The van der Waals surface area contributed by atoms with Gasteiger partial charge in [-0.2, -0.15) is 0 Å². The number of hydrogen-bond acceptors (Lipinski definition) is 2. The average molecular weight is 299 g/mol. The molecule has 2 aromatic carbocycles. The van der Waals surface area contributed by atoms with Crippen molar-refractivity contribution in [1.29, 1.82) is 0 Å². The lowest BCUT2D eigenvalue weighted by Gasteiger charge is -2.21. The second kappa shape index (κ2) is 8.26. The molecule has 0 aliphatic heterocycles. The van der Waals surface area contributed by atoms with E-state index >= 15 is 0 Å². The van der Waals surface area contributed by atoms with Crippen molar-refractivity contribution in [3.63, 3.8) is 0 Å². The molecule has 0 spiro atoms. The monoisotopic (exact) mass is 299 g/mol. The summed E-state index contributed by atoms with van der Waals surface area (Å²) in [5, 5.41) is 3.70. The van der Waals surface area contributed by atoms with Gasteiger partial charge >= 0.3 is 0 Å². The van der Waals surface area contributed by atoms with Gasteiger partial charge in [-0.15, -0.1) is 11.8 Å². The third-order valence-corrected chi connectivity index (χ3v) is 4.71. The first-order valence-electron chi connectivity index (χ1n) is 7.69. The molecule has 2 aromatic rings. The highest BCUT2D eigenvalue weighted by molar-refractivity contribution is 7.99. The first-order chi connectivity index (χ1) is 10.2. The van der Waals surface area contributed by atoms with Crippen LogP contribution in [0.25, 0.3) is 0 Å². The molecule has 2 heteroatoms.